The van der Waals surface area contributed by atoms with Crippen molar-refractivity contribution in [2.24, 2.45) is 0 Å². The van der Waals surface area contributed by atoms with Crippen LogP contribution in [0.15, 0.2) is 85.3 Å². The fourth-order valence-corrected chi connectivity index (χ4v) is 5.21. The topological polar surface area (TPSA) is 134 Å². The number of ether oxygens (including phenoxy) is 2. The first kappa shape index (κ1) is 29.8. The Kier molecular flexibility index (Phi) is 8.26. The molecule has 0 saturated heterocycles. The average Bonchev–Trinajstić information content (AvgIpc) is 3.09. The van der Waals surface area contributed by atoms with Gasteiger partial charge in [-0.05, 0) is 61.0 Å². The fraction of sp³-hybridized carbons (Fsp3) is 0.114. The highest BCUT2D eigenvalue weighted by atomic mass is 19.1. The molecule has 10 nitrogen and oxygen atoms in total. The maximum absolute atomic E-state index is 14.7. The number of para-hydroxylation sites is 1. The highest BCUT2D eigenvalue weighted by Gasteiger charge is 2.18. The summed E-state index contributed by atoms with van der Waals surface area (Å²) in [5.74, 6) is 1.40. The van der Waals surface area contributed by atoms with Crippen molar-refractivity contribution < 1.29 is 18.7 Å². The van der Waals surface area contributed by atoms with Gasteiger partial charge in [0.25, 0.3) is 5.91 Å². The van der Waals surface area contributed by atoms with Gasteiger partial charge in [0.1, 0.15) is 35.3 Å². The minimum Gasteiger partial charge on any atom is -0.497 e. The smallest absolute Gasteiger partial charge is 0.257 e. The highest BCUT2D eigenvalue weighted by Crippen LogP contribution is 2.34. The third-order valence-electron chi connectivity index (χ3n) is 7.59. The standard InChI is InChI=1S/C35H28FN7O3/c1-20-7-11-25-24(13-14-38-34(25)42-29-12-8-21(17-37)15-28(29)36)31(20)43-35(44)27-6-4-5-26-32(27)40-19-41-33(26)39-18-22-9-10-23(45-2)16-30(22)46-3/h4-16,19H,18H2,1-3H3,(H,38,42)(H,43,44)(H,39,40,41). The van der Waals surface area contributed by atoms with Crippen molar-refractivity contribution in [3.63, 3.8) is 0 Å². The lowest BCUT2D eigenvalue weighted by atomic mass is 10.0. The number of fused-ring (bicyclic) bond motifs is 2. The van der Waals surface area contributed by atoms with Crippen LogP contribution in [0.25, 0.3) is 21.7 Å². The molecule has 6 aromatic rings. The maximum atomic E-state index is 14.7. The predicted octanol–water partition coefficient (Wildman–Crippen LogP) is 7.12. The Hall–Kier alpha value is -6.28. The Morgan fingerprint density at radius 1 is 0.913 bits per heavy atom. The van der Waals surface area contributed by atoms with Crippen LogP contribution >= 0.6 is 0 Å². The number of hydrogen-bond acceptors (Lipinski definition) is 9. The van der Waals surface area contributed by atoms with Gasteiger partial charge >= 0.3 is 0 Å². The van der Waals surface area contributed by atoms with Crippen LogP contribution in [-0.4, -0.2) is 35.1 Å². The van der Waals surface area contributed by atoms with Crippen molar-refractivity contribution >= 4 is 50.6 Å². The number of aromatic nitrogens is 3. The maximum Gasteiger partial charge on any atom is 0.257 e. The molecule has 6 rings (SSSR count). The van der Waals surface area contributed by atoms with Crippen molar-refractivity contribution in [1.29, 1.82) is 5.26 Å². The summed E-state index contributed by atoms with van der Waals surface area (Å²) in [4.78, 5) is 27.1. The van der Waals surface area contributed by atoms with E-state index in [1.165, 1.54) is 18.5 Å². The number of amides is 1. The Labute approximate surface area is 263 Å². The second kappa shape index (κ2) is 12.8. The van der Waals surface area contributed by atoms with Crippen LogP contribution in [0, 0.1) is 24.1 Å². The van der Waals surface area contributed by atoms with Gasteiger partial charge in [0.15, 0.2) is 0 Å². The minimum absolute atomic E-state index is 0.176. The molecule has 0 bridgehead atoms. The fourth-order valence-electron chi connectivity index (χ4n) is 5.21. The van der Waals surface area contributed by atoms with Crippen LogP contribution in [0.3, 0.4) is 0 Å². The Bertz CT molecular complexity index is 2160. The molecule has 0 saturated carbocycles. The number of aryl methyl sites for hydroxylation is 1. The summed E-state index contributed by atoms with van der Waals surface area (Å²) >= 11 is 0. The summed E-state index contributed by atoms with van der Waals surface area (Å²) in [5, 5.41) is 20.6. The van der Waals surface area contributed by atoms with Crippen LogP contribution in [0.2, 0.25) is 0 Å². The zero-order valence-corrected chi connectivity index (χ0v) is 25.2. The van der Waals surface area contributed by atoms with Crippen LogP contribution in [0.1, 0.15) is 27.0 Å². The number of carbonyl (C=O) groups excluding carboxylic acids is 1. The van der Waals surface area contributed by atoms with Gasteiger partial charge in [-0.3, -0.25) is 4.79 Å². The van der Waals surface area contributed by atoms with E-state index in [-0.39, 0.29) is 17.2 Å². The molecule has 3 N–H and O–H groups in total. The van der Waals surface area contributed by atoms with Crippen molar-refractivity contribution in [2.45, 2.75) is 13.5 Å². The van der Waals surface area contributed by atoms with E-state index < -0.39 is 5.82 Å². The number of rotatable bonds is 9. The number of nitriles is 1. The minimum atomic E-state index is -0.576. The van der Waals surface area contributed by atoms with Gasteiger partial charge in [0.2, 0.25) is 0 Å². The zero-order valence-electron chi connectivity index (χ0n) is 25.2. The molecular formula is C35H28FN7O3. The summed E-state index contributed by atoms with van der Waals surface area (Å²) in [6.07, 6.45) is 3.00. The van der Waals surface area contributed by atoms with Crippen molar-refractivity contribution in [3.8, 4) is 17.6 Å². The summed E-state index contributed by atoms with van der Waals surface area (Å²) in [5.41, 5.74) is 3.56. The third kappa shape index (κ3) is 5.79. The summed E-state index contributed by atoms with van der Waals surface area (Å²) in [6.45, 7) is 2.31. The van der Waals surface area contributed by atoms with E-state index in [4.69, 9.17) is 14.7 Å². The molecule has 0 aliphatic carbocycles. The first-order valence-corrected chi connectivity index (χ1v) is 14.2. The molecular weight excluding hydrogens is 585 g/mol. The number of anilines is 4. The van der Waals surface area contributed by atoms with E-state index in [9.17, 15) is 9.18 Å². The number of pyridine rings is 1. The van der Waals surface area contributed by atoms with E-state index in [2.05, 4.69) is 30.9 Å². The summed E-state index contributed by atoms with van der Waals surface area (Å²) in [7, 11) is 3.20. The largest absolute Gasteiger partial charge is 0.497 e. The summed E-state index contributed by atoms with van der Waals surface area (Å²) in [6, 6.07) is 22.5. The molecule has 0 atom stereocenters. The Balaban J connectivity index is 1.29. The van der Waals surface area contributed by atoms with E-state index in [1.54, 1.807) is 38.6 Å². The number of hydrogen-bond donors (Lipinski definition) is 3. The first-order chi connectivity index (χ1) is 22.4. The van der Waals surface area contributed by atoms with Crippen LogP contribution in [0.5, 0.6) is 11.5 Å². The molecule has 0 fully saturated rings. The van der Waals surface area contributed by atoms with Crippen molar-refractivity contribution in [1.82, 2.24) is 15.0 Å². The van der Waals surface area contributed by atoms with Crippen LogP contribution < -0.4 is 25.4 Å². The molecule has 2 heterocycles. The van der Waals surface area contributed by atoms with E-state index >= 15 is 0 Å². The molecule has 1 amide bonds. The number of benzene rings is 4. The number of halogens is 1. The molecule has 11 heteroatoms. The highest BCUT2D eigenvalue weighted by molar-refractivity contribution is 6.16. The predicted molar refractivity (Wildman–Crippen MR) is 175 cm³/mol. The van der Waals surface area contributed by atoms with Gasteiger partial charge in [-0.15, -0.1) is 0 Å². The molecule has 0 spiro atoms. The Morgan fingerprint density at radius 3 is 2.57 bits per heavy atom. The van der Waals surface area contributed by atoms with E-state index in [1.807, 2.05) is 49.4 Å². The van der Waals surface area contributed by atoms with Gasteiger partial charge in [-0.1, -0.05) is 18.2 Å². The molecule has 0 radical (unpaired) electrons. The lowest BCUT2D eigenvalue weighted by molar-refractivity contribution is 0.102. The SMILES string of the molecule is COc1ccc(CNc2ncnc3c(C(=O)Nc4c(C)ccc5c(Nc6ccc(C#N)cc6F)nccc45)cccc23)c(OC)c1. The molecule has 2 aromatic heterocycles. The number of nitrogens with zero attached hydrogens (tertiary/aromatic N) is 4. The van der Waals surface area contributed by atoms with Gasteiger partial charge in [-0.2, -0.15) is 5.26 Å². The van der Waals surface area contributed by atoms with Gasteiger partial charge in [-0.25, -0.2) is 19.3 Å². The molecule has 228 valence electrons. The molecule has 4 aromatic carbocycles. The second-order valence-electron chi connectivity index (χ2n) is 10.4. The zero-order chi connectivity index (χ0) is 32.2. The second-order valence-corrected chi connectivity index (χ2v) is 10.4. The third-order valence-corrected chi connectivity index (χ3v) is 7.59. The van der Waals surface area contributed by atoms with Gasteiger partial charge in [0.05, 0.1) is 48.3 Å². The lowest BCUT2D eigenvalue weighted by Gasteiger charge is -2.16. The average molecular weight is 614 g/mol. The van der Waals surface area contributed by atoms with E-state index in [0.29, 0.717) is 62.6 Å². The van der Waals surface area contributed by atoms with E-state index in [0.717, 1.165) is 17.2 Å². The van der Waals surface area contributed by atoms with Crippen molar-refractivity contribution in [2.75, 3.05) is 30.2 Å². The molecule has 0 aliphatic heterocycles. The van der Waals surface area contributed by atoms with Gasteiger partial charge < -0.3 is 25.4 Å². The lowest BCUT2D eigenvalue weighted by Crippen LogP contribution is -2.14. The van der Waals surface area contributed by atoms with Crippen LogP contribution in [0.4, 0.5) is 27.4 Å². The monoisotopic (exact) mass is 613 g/mol. The first-order valence-electron chi connectivity index (χ1n) is 14.2. The van der Waals surface area contributed by atoms with Crippen LogP contribution in [-0.2, 0) is 6.54 Å². The van der Waals surface area contributed by atoms with Crippen molar-refractivity contribution in [3.05, 3.63) is 113 Å². The molecule has 46 heavy (non-hydrogen) atoms. The number of nitrogens with one attached hydrogen (secondary N) is 3. The number of carbonyl (C=O) groups is 1. The number of methoxy groups -OCH3 is 2. The normalized spacial score (nSPS) is 10.8. The summed E-state index contributed by atoms with van der Waals surface area (Å²) < 4.78 is 25.5. The Morgan fingerprint density at radius 2 is 1.78 bits per heavy atom. The molecule has 0 aliphatic rings. The van der Waals surface area contributed by atoms with Gasteiger partial charge in [0, 0.05) is 40.5 Å². The quantitative estimate of drug-likeness (QED) is 0.156. The molecule has 0 unspecified atom stereocenters.